The maximum Gasteiger partial charge on any atom is 0.255 e. The van der Waals surface area contributed by atoms with Crippen LogP contribution >= 0.6 is 11.8 Å². The summed E-state index contributed by atoms with van der Waals surface area (Å²) in [6.07, 6.45) is 3.91. The van der Waals surface area contributed by atoms with Crippen LogP contribution in [-0.2, 0) is 4.79 Å². The quantitative estimate of drug-likeness (QED) is 0.828. The third kappa shape index (κ3) is 2.98. The van der Waals surface area contributed by atoms with E-state index in [9.17, 15) is 9.59 Å². The van der Waals surface area contributed by atoms with Gasteiger partial charge in [-0.15, -0.1) is 11.8 Å². The summed E-state index contributed by atoms with van der Waals surface area (Å²) >= 11 is 1.63. The van der Waals surface area contributed by atoms with E-state index in [1.807, 2.05) is 42.7 Å². The molecule has 2 amide bonds. The van der Waals surface area contributed by atoms with Crippen molar-refractivity contribution in [3.63, 3.8) is 0 Å². The van der Waals surface area contributed by atoms with Crippen molar-refractivity contribution in [1.82, 2.24) is 0 Å². The number of amides is 2. The molecule has 1 saturated heterocycles. The number of carbonyl (C=O) groups excluding carboxylic acids is 2. The van der Waals surface area contributed by atoms with Crippen molar-refractivity contribution >= 4 is 40.6 Å². The second-order valence-electron chi connectivity index (χ2n) is 6.26. The smallest absolute Gasteiger partial charge is 0.255 e. The van der Waals surface area contributed by atoms with E-state index in [0.717, 1.165) is 35.7 Å². The van der Waals surface area contributed by atoms with E-state index in [1.165, 1.54) is 0 Å². The predicted octanol–water partition coefficient (Wildman–Crippen LogP) is 3.58. The highest BCUT2D eigenvalue weighted by Crippen LogP contribution is 2.37. The molecule has 6 heteroatoms. The zero-order chi connectivity index (χ0) is 17.4. The zero-order valence-corrected chi connectivity index (χ0v) is 14.7. The van der Waals surface area contributed by atoms with Crippen LogP contribution in [0, 0.1) is 0 Å². The SMILES string of the molecule is CSc1cccc(NC(=O)c2ccc3c(c2)NC(=O)[C@@H]2CCCN32)c1. The van der Waals surface area contributed by atoms with Gasteiger partial charge in [0.15, 0.2) is 0 Å². The van der Waals surface area contributed by atoms with E-state index in [2.05, 4.69) is 15.5 Å². The first-order valence-corrected chi connectivity index (χ1v) is 9.55. The Morgan fingerprint density at radius 3 is 3.00 bits per heavy atom. The summed E-state index contributed by atoms with van der Waals surface area (Å²) in [6.45, 7) is 0.887. The summed E-state index contributed by atoms with van der Waals surface area (Å²) in [5.74, 6) is -0.158. The summed E-state index contributed by atoms with van der Waals surface area (Å²) in [5.41, 5.74) is 3.01. The Morgan fingerprint density at radius 1 is 1.28 bits per heavy atom. The van der Waals surface area contributed by atoms with Gasteiger partial charge in [-0.05, 0) is 55.5 Å². The average Bonchev–Trinajstić information content (AvgIpc) is 3.12. The summed E-state index contributed by atoms with van der Waals surface area (Å²) in [7, 11) is 0. The first-order chi connectivity index (χ1) is 12.2. The van der Waals surface area contributed by atoms with Crippen LogP contribution in [0.25, 0.3) is 0 Å². The standard InChI is InChI=1S/C19H19N3O2S/c1-25-14-5-2-4-13(11-14)20-18(23)12-7-8-16-15(10-12)21-19(24)17-6-3-9-22(16)17/h2,4-5,7-8,10-11,17H,3,6,9H2,1H3,(H,20,23)(H,21,24)/t17-/m0/s1. The van der Waals surface area contributed by atoms with Crippen LogP contribution in [0.5, 0.6) is 0 Å². The minimum atomic E-state index is -0.182. The Kier molecular flexibility index (Phi) is 4.13. The average molecular weight is 353 g/mol. The molecule has 1 atom stereocenters. The maximum atomic E-state index is 12.6. The van der Waals surface area contributed by atoms with Crippen LogP contribution in [0.1, 0.15) is 23.2 Å². The number of fused-ring (bicyclic) bond motifs is 3. The normalized spacial score (nSPS) is 18.4. The summed E-state index contributed by atoms with van der Waals surface area (Å²) in [6, 6.07) is 13.2. The molecule has 2 aromatic carbocycles. The number of rotatable bonds is 3. The van der Waals surface area contributed by atoms with Gasteiger partial charge in [0.25, 0.3) is 5.91 Å². The highest BCUT2D eigenvalue weighted by atomic mass is 32.2. The fourth-order valence-corrected chi connectivity index (χ4v) is 3.94. The van der Waals surface area contributed by atoms with E-state index >= 15 is 0 Å². The number of benzene rings is 2. The van der Waals surface area contributed by atoms with Gasteiger partial charge in [0, 0.05) is 22.7 Å². The number of hydrogen-bond donors (Lipinski definition) is 2. The van der Waals surface area contributed by atoms with Crippen molar-refractivity contribution in [2.75, 3.05) is 28.3 Å². The van der Waals surface area contributed by atoms with Crippen molar-refractivity contribution in [2.45, 2.75) is 23.8 Å². The first-order valence-electron chi connectivity index (χ1n) is 8.32. The van der Waals surface area contributed by atoms with Crippen molar-refractivity contribution in [2.24, 2.45) is 0 Å². The molecular weight excluding hydrogens is 334 g/mol. The Balaban J connectivity index is 1.58. The van der Waals surface area contributed by atoms with Gasteiger partial charge in [0.05, 0.1) is 11.4 Å². The fourth-order valence-electron chi connectivity index (χ4n) is 3.48. The van der Waals surface area contributed by atoms with Gasteiger partial charge >= 0.3 is 0 Å². The summed E-state index contributed by atoms with van der Waals surface area (Å²) in [4.78, 5) is 28.0. The number of nitrogens with one attached hydrogen (secondary N) is 2. The van der Waals surface area contributed by atoms with E-state index in [1.54, 1.807) is 17.8 Å². The molecule has 0 saturated carbocycles. The molecule has 0 aromatic heterocycles. The Hall–Kier alpha value is -2.47. The Bertz CT molecular complexity index is 852. The maximum absolute atomic E-state index is 12.6. The topological polar surface area (TPSA) is 61.4 Å². The van der Waals surface area contributed by atoms with E-state index in [-0.39, 0.29) is 17.9 Å². The molecule has 0 unspecified atom stereocenters. The predicted molar refractivity (Wildman–Crippen MR) is 102 cm³/mol. The molecule has 2 aromatic rings. The molecule has 128 valence electrons. The number of nitrogens with zero attached hydrogens (tertiary/aromatic N) is 1. The molecular formula is C19H19N3O2S. The molecule has 0 radical (unpaired) electrons. The van der Waals surface area contributed by atoms with Gasteiger partial charge in [-0.3, -0.25) is 9.59 Å². The van der Waals surface area contributed by atoms with Gasteiger partial charge in [-0.1, -0.05) is 6.07 Å². The van der Waals surface area contributed by atoms with Crippen molar-refractivity contribution in [3.8, 4) is 0 Å². The van der Waals surface area contributed by atoms with Crippen LogP contribution in [0.2, 0.25) is 0 Å². The van der Waals surface area contributed by atoms with Gasteiger partial charge < -0.3 is 15.5 Å². The highest BCUT2D eigenvalue weighted by Gasteiger charge is 2.36. The number of thioether (sulfide) groups is 1. The first kappa shape index (κ1) is 16.0. The lowest BCUT2D eigenvalue weighted by atomic mass is 10.1. The molecule has 25 heavy (non-hydrogen) atoms. The number of carbonyl (C=O) groups is 2. The van der Waals surface area contributed by atoms with Gasteiger partial charge in [0.2, 0.25) is 5.91 Å². The highest BCUT2D eigenvalue weighted by molar-refractivity contribution is 7.98. The largest absolute Gasteiger partial charge is 0.358 e. The fraction of sp³-hybridized carbons (Fsp3) is 0.263. The lowest BCUT2D eigenvalue weighted by Gasteiger charge is -2.33. The third-order valence-electron chi connectivity index (χ3n) is 4.71. The van der Waals surface area contributed by atoms with Gasteiger partial charge in [-0.2, -0.15) is 0 Å². The van der Waals surface area contributed by atoms with E-state index < -0.39 is 0 Å². The number of anilines is 3. The van der Waals surface area contributed by atoms with Crippen LogP contribution in [-0.4, -0.2) is 30.7 Å². The number of hydrogen-bond acceptors (Lipinski definition) is 4. The van der Waals surface area contributed by atoms with E-state index in [0.29, 0.717) is 11.3 Å². The zero-order valence-electron chi connectivity index (χ0n) is 13.9. The lowest BCUT2D eigenvalue weighted by Crippen LogP contribution is -2.43. The molecule has 2 aliphatic heterocycles. The van der Waals surface area contributed by atoms with Crippen molar-refractivity contribution in [3.05, 3.63) is 48.0 Å². The molecule has 0 aliphatic carbocycles. The molecule has 2 heterocycles. The Labute approximate surface area is 150 Å². The van der Waals surface area contributed by atoms with E-state index in [4.69, 9.17) is 0 Å². The molecule has 0 bridgehead atoms. The Morgan fingerprint density at radius 2 is 2.16 bits per heavy atom. The second-order valence-corrected chi connectivity index (χ2v) is 7.14. The molecule has 0 spiro atoms. The lowest BCUT2D eigenvalue weighted by molar-refractivity contribution is -0.117. The molecule has 2 N–H and O–H groups in total. The van der Waals surface area contributed by atoms with Crippen molar-refractivity contribution < 1.29 is 9.59 Å². The molecule has 2 aliphatic rings. The van der Waals surface area contributed by atoms with Gasteiger partial charge in [0.1, 0.15) is 6.04 Å². The van der Waals surface area contributed by atoms with Crippen LogP contribution in [0.4, 0.5) is 17.1 Å². The van der Waals surface area contributed by atoms with Crippen LogP contribution in [0.3, 0.4) is 0 Å². The molecule has 5 nitrogen and oxygen atoms in total. The van der Waals surface area contributed by atoms with Crippen LogP contribution in [0.15, 0.2) is 47.4 Å². The summed E-state index contributed by atoms with van der Waals surface area (Å²) in [5, 5.41) is 5.86. The minimum Gasteiger partial charge on any atom is -0.358 e. The molecule has 1 fully saturated rings. The monoisotopic (exact) mass is 353 g/mol. The van der Waals surface area contributed by atoms with Crippen molar-refractivity contribution in [1.29, 1.82) is 0 Å². The third-order valence-corrected chi connectivity index (χ3v) is 5.43. The second kappa shape index (κ2) is 6.44. The summed E-state index contributed by atoms with van der Waals surface area (Å²) < 4.78 is 0. The minimum absolute atomic E-state index is 0.0234. The molecule has 4 rings (SSSR count). The van der Waals surface area contributed by atoms with Gasteiger partial charge in [-0.25, -0.2) is 0 Å². The van der Waals surface area contributed by atoms with Crippen LogP contribution < -0.4 is 15.5 Å².